The van der Waals surface area contributed by atoms with Crippen LogP contribution in [0.15, 0.2) is 42.7 Å². The number of carbonyl (C=O) groups is 1. The fraction of sp³-hybridized carbons (Fsp3) is 0.367. The molecular weight excluding hydrogens is 462 g/mol. The van der Waals surface area contributed by atoms with Crippen molar-refractivity contribution in [1.82, 2.24) is 24.8 Å². The largest absolute Gasteiger partial charge is 0.389 e. The van der Waals surface area contributed by atoms with Crippen LogP contribution in [-0.2, 0) is 13.0 Å². The monoisotopic (exact) mass is 497 g/mol. The normalized spacial score (nSPS) is 14.1. The number of fused-ring (bicyclic) bond motifs is 2. The summed E-state index contributed by atoms with van der Waals surface area (Å²) in [6.45, 7) is 9.81. The fourth-order valence-corrected chi connectivity index (χ4v) is 5.39. The minimum atomic E-state index is -0.953. The molecule has 1 aliphatic rings. The van der Waals surface area contributed by atoms with E-state index in [1.807, 2.05) is 37.5 Å². The van der Waals surface area contributed by atoms with Crippen LogP contribution in [0.2, 0.25) is 0 Å². The minimum absolute atomic E-state index is 0.111. The summed E-state index contributed by atoms with van der Waals surface area (Å²) in [5, 5.41) is 10.1. The maximum Gasteiger partial charge on any atom is 0.253 e. The van der Waals surface area contributed by atoms with Gasteiger partial charge < -0.3 is 19.9 Å². The van der Waals surface area contributed by atoms with Crippen molar-refractivity contribution in [2.24, 2.45) is 0 Å². The molecule has 0 saturated heterocycles. The van der Waals surface area contributed by atoms with E-state index in [2.05, 4.69) is 41.0 Å². The first-order valence-electron chi connectivity index (χ1n) is 12.7. The number of hydrogen-bond donors (Lipinski definition) is 2. The zero-order chi connectivity index (χ0) is 26.5. The van der Waals surface area contributed by atoms with Crippen LogP contribution in [0.4, 0.5) is 0 Å². The van der Waals surface area contributed by atoms with Crippen molar-refractivity contribution in [1.29, 1.82) is 0 Å². The van der Waals surface area contributed by atoms with Gasteiger partial charge in [0.05, 0.1) is 17.5 Å². The lowest BCUT2D eigenvalue weighted by atomic mass is 9.92. The molecule has 4 aromatic rings. The van der Waals surface area contributed by atoms with Gasteiger partial charge in [-0.3, -0.25) is 4.79 Å². The first kappa shape index (κ1) is 25.1. The maximum absolute atomic E-state index is 13.0. The quantitative estimate of drug-likeness (QED) is 0.416. The van der Waals surface area contributed by atoms with Gasteiger partial charge in [0.25, 0.3) is 5.91 Å². The molecular formula is C30H35N5O2. The number of aryl methyl sites for hydroxylation is 2. The van der Waals surface area contributed by atoms with E-state index in [1.54, 1.807) is 25.8 Å². The number of aromatic nitrogens is 3. The molecule has 0 spiro atoms. The highest BCUT2D eigenvalue weighted by molar-refractivity contribution is 5.97. The zero-order valence-corrected chi connectivity index (χ0v) is 22.5. The number of hydrogen-bond acceptors (Lipinski definition) is 5. The molecule has 0 atom stereocenters. The maximum atomic E-state index is 13.0. The summed E-state index contributed by atoms with van der Waals surface area (Å²) in [7, 11) is 3.88. The van der Waals surface area contributed by atoms with E-state index in [-0.39, 0.29) is 12.5 Å². The summed E-state index contributed by atoms with van der Waals surface area (Å²) in [5.41, 5.74) is 10.1. The number of carbonyl (C=O) groups excluding carboxylic acids is 1. The molecule has 2 aromatic heterocycles. The number of nitrogens with zero attached hydrogens (tertiary/aromatic N) is 4. The van der Waals surface area contributed by atoms with Gasteiger partial charge in [-0.1, -0.05) is 12.1 Å². The Hall–Kier alpha value is -3.55. The van der Waals surface area contributed by atoms with E-state index in [0.717, 1.165) is 58.6 Å². The van der Waals surface area contributed by atoms with Gasteiger partial charge >= 0.3 is 0 Å². The van der Waals surface area contributed by atoms with Gasteiger partial charge in [0.1, 0.15) is 5.52 Å². The van der Waals surface area contributed by atoms with Gasteiger partial charge in [0.2, 0.25) is 0 Å². The van der Waals surface area contributed by atoms with Gasteiger partial charge in [-0.15, -0.1) is 0 Å². The van der Waals surface area contributed by atoms with Gasteiger partial charge in [-0.2, -0.15) is 0 Å². The second kappa shape index (κ2) is 9.39. The summed E-state index contributed by atoms with van der Waals surface area (Å²) in [6, 6.07) is 10.3. The van der Waals surface area contributed by atoms with E-state index < -0.39 is 5.60 Å². The predicted octanol–water partition coefficient (Wildman–Crippen LogP) is 4.74. The summed E-state index contributed by atoms with van der Waals surface area (Å²) in [6.07, 6.45) is 4.84. The molecule has 2 N–H and O–H groups in total. The molecule has 7 nitrogen and oxygen atoms in total. The molecule has 192 valence electrons. The van der Waals surface area contributed by atoms with Crippen LogP contribution in [0.1, 0.15) is 46.5 Å². The van der Waals surface area contributed by atoms with Crippen molar-refractivity contribution in [2.45, 2.75) is 46.3 Å². The van der Waals surface area contributed by atoms with Crippen molar-refractivity contribution in [2.75, 3.05) is 27.2 Å². The second-order valence-corrected chi connectivity index (χ2v) is 11.1. The molecule has 0 aliphatic carbocycles. The number of benzene rings is 2. The minimum Gasteiger partial charge on any atom is -0.389 e. The average Bonchev–Trinajstić information content (AvgIpc) is 3.25. The number of amides is 1. The van der Waals surface area contributed by atoms with Crippen LogP contribution in [0, 0.1) is 13.8 Å². The van der Waals surface area contributed by atoms with E-state index in [1.165, 1.54) is 16.7 Å². The van der Waals surface area contributed by atoms with Crippen molar-refractivity contribution < 1.29 is 9.90 Å². The SMILES string of the molecule is Cc1cc(-c2c[nH]c3ncc(-c4cc(C)c5c(c4)CN(C)CC5)nc23)ccc1C(=O)N(C)CC(C)(C)O. The molecule has 0 saturated carbocycles. The first-order chi connectivity index (χ1) is 17.5. The molecule has 2 aromatic carbocycles. The van der Waals surface area contributed by atoms with Gasteiger partial charge in [0.15, 0.2) is 5.65 Å². The molecule has 3 heterocycles. The smallest absolute Gasteiger partial charge is 0.253 e. The number of aliphatic hydroxyl groups is 1. The Morgan fingerprint density at radius 2 is 1.92 bits per heavy atom. The molecule has 1 amide bonds. The molecule has 0 fully saturated rings. The highest BCUT2D eigenvalue weighted by atomic mass is 16.3. The Bertz CT molecular complexity index is 1500. The Morgan fingerprint density at radius 1 is 1.16 bits per heavy atom. The summed E-state index contributed by atoms with van der Waals surface area (Å²) in [4.78, 5) is 29.9. The average molecular weight is 498 g/mol. The highest BCUT2D eigenvalue weighted by Gasteiger charge is 2.22. The van der Waals surface area contributed by atoms with Crippen LogP contribution in [-0.4, -0.2) is 68.6 Å². The third-order valence-corrected chi connectivity index (χ3v) is 7.16. The van der Waals surface area contributed by atoms with Crippen LogP contribution < -0.4 is 0 Å². The predicted molar refractivity (Wildman–Crippen MR) is 148 cm³/mol. The van der Waals surface area contributed by atoms with Gasteiger partial charge in [-0.05, 0) is 87.2 Å². The fourth-order valence-electron chi connectivity index (χ4n) is 5.39. The molecule has 0 radical (unpaired) electrons. The van der Waals surface area contributed by atoms with Crippen LogP contribution in [0.5, 0.6) is 0 Å². The zero-order valence-electron chi connectivity index (χ0n) is 22.5. The Balaban J connectivity index is 1.49. The van der Waals surface area contributed by atoms with Crippen molar-refractivity contribution in [3.8, 4) is 22.4 Å². The molecule has 5 rings (SSSR count). The Kier molecular flexibility index (Phi) is 6.38. The topological polar surface area (TPSA) is 85.4 Å². The molecule has 0 bridgehead atoms. The van der Waals surface area contributed by atoms with Crippen molar-refractivity contribution in [3.63, 3.8) is 0 Å². The lowest BCUT2D eigenvalue weighted by Gasteiger charge is -2.27. The Morgan fingerprint density at radius 3 is 2.65 bits per heavy atom. The summed E-state index contributed by atoms with van der Waals surface area (Å²) < 4.78 is 0. The van der Waals surface area contributed by atoms with Gasteiger partial charge in [0, 0.05) is 49.6 Å². The standard InChI is InChI=1S/C30H35N5O2/c1-18-12-21(13-22-16-34(5)10-9-23(18)22)26-15-32-28-27(33-26)25(14-31-28)20-7-8-24(19(2)11-20)29(36)35(6)17-30(3,4)37/h7-8,11-15,37H,9-10,16-17H2,1-6H3,(H,31,32). The third kappa shape index (κ3) is 5.02. The van der Waals surface area contributed by atoms with Crippen molar-refractivity contribution >= 4 is 17.1 Å². The van der Waals surface area contributed by atoms with E-state index in [4.69, 9.17) is 4.98 Å². The second-order valence-electron chi connectivity index (χ2n) is 11.1. The lowest BCUT2D eigenvalue weighted by molar-refractivity contribution is 0.0367. The lowest BCUT2D eigenvalue weighted by Crippen LogP contribution is -2.39. The number of aromatic amines is 1. The van der Waals surface area contributed by atoms with Crippen molar-refractivity contribution in [3.05, 3.63) is 70.5 Å². The number of likely N-dealkylation sites (N-methyl/N-ethyl adjacent to an activating group) is 2. The third-order valence-electron chi connectivity index (χ3n) is 7.16. The van der Waals surface area contributed by atoms with E-state index in [0.29, 0.717) is 5.56 Å². The number of nitrogens with one attached hydrogen (secondary N) is 1. The number of rotatable bonds is 5. The van der Waals surface area contributed by atoms with Crippen LogP contribution >= 0.6 is 0 Å². The molecule has 37 heavy (non-hydrogen) atoms. The van der Waals surface area contributed by atoms with Crippen LogP contribution in [0.3, 0.4) is 0 Å². The number of H-pyrrole nitrogens is 1. The molecule has 7 heteroatoms. The first-order valence-corrected chi connectivity index (χ1v) is 12.7. The summed E-state index contributed by atoms with van der Waals surface area (Å²) in [5.74, 6) is -0.111. The summed E-state index contributed by atoms with van der Waals surface area (Å²) >= 11 is 0. The Labute approximate surface area is 218 Å². The molecule has 0 unspecified atom stereocenters. The van der Waals surface area contributed by atoms with Gasteiger partial charge in [-0.25, -0.2) is 9.97 Å². The highest BCUT2D eigenvalue weighted by Crippen LogP contribution is 2.32. The van der Waals surface area contributed by atoms with E-state index in [9.17, 15) is 9.90 Å². The molecule has 1 aliphatic heterocycles. The van der Waals surface area contributed by atoms with E-state index >= 15 is 0 Å². The van der Waals surface area contributed by atoms with Crippen LogP contribution in [0.25, 0.3) is 33.5 Å².